The molecule has 0 spiro atoms. The molecule has 2 aromatic rings. The number of nitrogens with one attached hydrogen (secondary N) is 2. The van der Waals surface area contributed by atoms with Gasteiger partial charge in [-0.15, -0.1) is 0 Å². The molecule has 0 saturated carbocycles. The van der Waals surface area contributed by atoms with Gasteiger partial charge in [-0.2, -0.15) is 0 Å². The largest absolute Gasteiger partial charge is 0.378 e. The van der Waals surface area contributed by atoms with Crippen molar-refractivity contribution in [1.82, 2.24) is 5.32 Å². The van der Waals surface area contributed by atoms with Crippen molar-refractivity contribution < 1.29 is 0 Å². The molecule has 0 unspecified atom stereocenters. The van der Waals surface area contributed by atoms with Gasteiger partial charge in [-0.05, 0) is 54.5 Å². The van der Waals surface area contributed by atoms with Gasteiger partial charge in [-0.25, -0.2) is 0 Å². The van der Waals surface area contributed by atoms with Crippen LogP contribution in [0.3, 0.4) is 0 Å². The maximum Gasteiger partial charge on any atom is 0.171 e. The molecule has 0 aliphatic heterocycles. The van der Waals surface area contributed by atoms with Gasteiger partial charge in [0.05, 0.1) is 0 Å². The summed E-state index contributed by atoms with van der Waals surface area (Å²) < 4.78 is 0. The lowest BCUT2D eigenvalue weighted by atomic mass is 10.2. The lowest BCUT2D eigenvalue weighted by molar-refractivity contribution is 0.925. The summed E-state index contributed by atoms with van der Waals surface area (Å²) in [5.41, 5.74) is 4.27. The molecule has 22 heavy (non-hydrogen) atoms. The number of rotatable bonds is 4. The lowest BCUT2D eigenvalue weighted by Gasteiger charge is -2.15. The van der Waals surface area contributed by atoms with E-state index >= 15 is 0 Å². The number of thiocarbonyl (C=S) groups is 1. The zero-order valence-electron chi connectivity index (χ0n) is 13.0. The number of anilines is 2. The minimum Gasteiger partial charge on any atom is -0.378 e. The van der Waals surface area contributed by atoms with Crippen molar-refractivity contribution >= 4 is 40.3 Å². The monoisotopic (exact) mass is 333 g/mol. The van der Waals surface area contributed by atoms with Crippen molar-refractivity contribution in [2.75, 3.05) is 24.3 Å². The Morgan fingerprint density at radius 1 is 1.14 bits per heavy atom. The second-order valence-corrected chi connectivity index (χ2v) is 6.10. The quantitative estimate of drug-likeness (QED) is 0.820. The molecule has 0 aliphatic rings. The van der Waals surface area contributed by atoms with E-state index in [-0.39, 0.29) is 0 Å². The minimum absolute atomic E-state index is 0.585. The molecular weight excluding hydrogens is 314 g/mol. The molecule has 0 aromatic heterocycles. The first-order valence-corrected chi connectivity index (χ1v) is 7.82. The fourth-order valence-corrected chi connectivity index (χ4v) is 2.36. The number of halogens is 1. The Bertz CT molecular complexity index is 653. The normalized spacial score (nSPS) is 10.2. The predicted molar refractivity (Wildman–Crippen MR) is 100 cm³/mol. The first kappa shape index (κ1) is 16.6. The van der Waals surface area contributed by atoms with Crippen LogP contribution in [-0.2, 0) is 6.54 Å². The van der Waals surface area contributed by atoms with Gasteiger partial charge in [0.1, 0.15) is 0 Å². The van der Waals surface area contributed by atoms with Gasteiger partial charge < -0.3 is 15.5 Å². The van der Waals surface area contributed by atoms with Crippen LogP contribution in [0.5, 0.6) is 0 Å². The Balaban J connectivity index is 1.91. The zero-order valence-corrected chi connectivity index (χ0v) is 14.6. The van der Waals surface area contributed by atoms with E-state index in [4.69, 9.17) is 23.8 Å². The Morgan fingerprint density at radius 3 is 2.45 bits per heavy atom. The van der Waals surface area contributed by atoms with Crippen LogP contribution >= 0.6 is 23.8 Å². The van der Waals surface area contributed by atoms with Crippen LogP contribution in [-0.4, -0.2) is 19.2 Å². The lowest BCUT2D eigenvalue weighted by Crippen LogP contribution is -2.28. The molecule has 0 saturated heterocycles. The van der Waals surface area contributed by atoms with Crippen LogP contribution in [0.25, 0.3) is 0 Å². The van der Waals surface area contributed by atoms with Crippen LogP contribution in [0.1, 0.15) is 11.1 Å². The highest BCUT2D eigenvalue weighted by molar-refractivity contribution is 7.80. The number of nitrogens with zero attached hydrogens (tertiary/aromatic N) is 1. The summed E-state index contributed by atoms with van der Waals surface area (Å²) in [4.78, 5) is 2.07. The molecular formula is C17H20ClN3S. The molecule has 0 atom stereocenters. The summed E-state index contributed by atoms with van der Waals surface area (Å²) in [6.07, 6.45) is 0. The van der Waals surface area contributed by atoms with Crippen LogP contribution < -0.4 is 15.5 Å². The van der Waals surface area contributed by atoms with Gasteiger partial charge in [0.15, 0.2) is 5.11 Å². The summed E-state index contributed by atoms with van der Waals surface area (Å²) in [5, 5.41) is 7.70. The molecule has 2 N–H and O–H groups in total. The van der Waals surface area contributed by atoms with E-state index in [9.17, 15) is 0 Å². The first-order valence-electron chi connectivity index (χ1n) is 7.03. The van der Waals surface area contributed by atoms with Crippen molar-refractivity contribution in [3.05, 3.63) is 58.6 Å². The van der Waals surface area contributed by atoms with Crippen molar-refractivity contribution in [2.24, 2.45) is 0 Å². The van der Waals surface area contributed by atoms with Gasteiger partial charge in [0, 0.05) is 37.0 Å². The molecule has 2 aromatic carbocycles. The minimum atomic E-state index is 0.585. The van der Waals surface area contributed by atoms with E-state index in [2.05, 4.69) is 39.8 Å². The first-order chi connectivity index (χ1) is 10.5. The van der Waals surface area contributed by atoms with E-state index in [1.54, 1.807) is 0 Å². The standard InChI is InChI=1S/C17H20ClN3S/c1-12-15(18)5-4-6-16(12)20-17(22)19-11-13-7-9-14(10-8-13)21(2)3/h4-10H,11H2,1-3H3,(H2,19,20,22). The molecule has 5 heteroatoms. The van der Waals surface area contributed by atoms with Gasteiger partial charge in [-0.1, -0.05) is 29.8 Å². The third-order valence-electron chi connectivity index (χ3n) is 3.42. The highest BCUT2D eigenvalue weighted by Crippen LogP contribution is 2.22. The topological polar surface area (TPSA) is 27.3 Å². The molecule has 0 fully saturated rings. The van der Waals surface area contributed by atoms with Crippen molar-refractivity contribution in [2.45, 2.75) is 13.5 Å². The van der Waals surface area contributed by atoms with Crippen LogP contribution in [0.4, 0.5) is 11.4 Å². The number of benzene rings is 2. The van der Waals surface area contributed by atoms with E-state index in [0.29, 0.717) is 11.7 Å². The third kappa shape index (κ3) is 4.36. The van der Waals surface area contributed by atoms with E-state index in [1.165, 1.54) is 11.3 Å². The molecule has 2 rings (SSSR count). The molecule has 3 nitrogen and oxygen atoms in total. The van der Waals surface area contributed by atoms with Gasteiger partial charge in [-0.3, -0.25) is 0 Å². The van der Waals surface area contributed by atoms with E-state index in [0.717, 1.165) is 16.3 Å². The second kappa shape index (κ2) is 7.47. The van der Waals surface area contributed by atoms with Crippen molar-refractivity contribution in [3.8, 4) is 0 Å². The fraction of sp³-hybridized carbons (Fsp3) is 0.235. The Hall–Kier alpha value is -1.78. The summed E-state index contributed by atoms with van der Waals surface area (Å²) in [6.45, 7) is 2.65. The second-order valence-electron chi connectivity index (χ2n) is 5.28. The van der Waals surface area contributed by atoms with Gasteiger partial charge in [0.25, 0.3) is 0 Å². The van der Waals surface area contributed by atoms with Crippen LogP contribution in [0, 0.1) is 6.92 Å². The van der Waals surface area contributed by atoms with Gasteiger partial charge >= 0.3 is 0 Å². The smallest absolute Gasteiger partial charge is 0.171 e. The van der Waals surface area contributed by atoms with Crippen molar-refractivity contribution in [1.29, 1.82) is 0 Å². The Labute approximate surface area is 142 Å². The number of hydrogen-bond donors (Lipinski definition) is 2. The maximum atomic E-state index is 6.10. The predicted octanol–water partition coefficient (Wildman–Crippen LogP) is 4.20. The molecule has 116 valence electrons. The van der Waals surface area contributed by atoms with Crippen molar-refractivity contribution in [3.63, 3.8) is 0 Å². The highest BCUT2D eigenvalue weighted by Gasteiger charge is 2.04. The SMILES string of the molecule is Cc1c(Cl)cccc1NC(=S)NCc1ccc(N(C)C)cc1. The average Bonchev–Trinajstić information content (AvgIpc) is 2.50. The third-order valence-corrected chi connectivity index (χ3v) is 4.08. The molecule has 0 radical (unpaired) electrons. The fourth-order valence-electron chi connectivity index (χ4n) is 2.00. The van der Waals surface area contributed by atoms with Gasteiger partial charge in [0.2, 0.25) is 0 Å². The zero-order chi connectivity index (χ0) is 16.1. The Morgan fingerprint density at radius 2 is 1.82 bits per heavy atom. The highest BCUT2D eigenvalue weighted by atomic mass is 35.5. The summed E-state index contributed by atoms with van der Waals surface area (Å²) in [5.74, 6) is 0. The molecule has 0 bridgehead atoms. The number of hydrogen-bond acceptors (Lipinski definition) is 2. The van der Waals surface area contributed by atoms with Crippen LogP contribution in [0.15, 0.2) is 42.5 Å². The molecule has 0 amide bonds. The van der Waals surface area contributed by atoms with Crippen LogP contribution in [0.2, 0.25) is 5.02 Å². The summed E-state index contributed by atoms with van der Waals surface area (Å²) in [6, 6.07) is 14.1. The Kier molecular flexibility index (Phi) is 5.63. The molecule has 0 aliphatic carbocycles. The average molecular weight is 334 g/mol. The summed E-state index contributed by atoms with van der Waals surface area (Å²) >= 11 is 11.4. The maximum absolute atomic E-state index is 6.10. The van der Waals surface area contributed by atoms with E-state index in [1.807, 2.05) is 39.2 Å². The van der Waals surface area contributed by atoms with E-state index < -0.39 is 0 Å². The molecule has 0 heterocycles. The summed E-state index contributed by atoms with van der Waals surface area (Å²) in [7, 11) is 4.05.